The van der Waals surface area contributed by atoms with Crippen molar-refractivity contribution in [2.75, 3.05) is 0 Å². The molecule has 0 N–H and O–H groups in total. The molecule has 0 spiro atoms. The van der Waals surface area contributed by atoms with Crippen molar-refractivity contribution < 1.29 is 4.42 Å². The maximum absolute atomic E-state index is 6.46. The molecule has 0 aliphatic heterocycles. The third-order valence-electron chi connectivity index (χ3n) is 9.10. The van der Waals surface area contributed by atoms with Gasteiger partial charge in [0.1, 0.15) is 11.2 Å². The van der Waals surface area contributed by atoms with E-state index in [-0.39, 0.29) is 0 Å². The van der Waals surface area contributed by atoms with Crippen LogP contribution in [-0.4, -0.2) is 15.0 Å². The van der Waals surface area contributed by atoms with Crippen molar-refractivity contribution >= 4 is 76.2 Å². The highest BCUT2D eigenvalue weighted by Gasteiger charge is 2.19. The third kappa shape index (κ3) is 3.51. The Morgan fingerprint density at radius 3 is 2.00 bits per heavy atom. The number of hydrogen-bond acceptors (Lipinski definition) is 4. The second-order valence-corrected chi connectivity index (χ2v) is 11.6. The fourth-order valence-corrected chi connectivity index (χ4v) is 7.03. The number of para-hydroxylation sites is 1. The molecular formula is C41H23N3O. The minimum Gasteiger partial charge on any atom is -0.455 e. The van der Waals surface area contributed by atoms with Crippen LogP contribution >= 0.6 is 0 Å². The van der Waals surface area contributed by atoms with Gasteiger partial charge in [-0.2, -0.15) is 0 Å². The van der Waals surface area contributed by atoms with E-state index in [1.807, 2.05) is 24.4 Å². The van der Waals surface area contributed by atoms with Crippen LogP contribution in [0.4, 0.5) is 0 Å². The molecule has 4 nitrogen and oxygen atoms in total. The van der Waals surface area contributed by atoms with Crippen LogP contribution in [0, 0.1) is 0 Å². The number of fused-ring (bicyclic) bond motifs is 11. The number of hydrogen-bond donors (Lipinski definition) is 0. The lowest BCUT2D eigenvalue weighted by atomic mass is 9.92. The summed E-state index contributed by atoms with van der Waals surface area (Å²) in [6.45, 7) is 0. The van der Waals surface area contributed by atoms with E-state index in [1.165, 1.54) is 0 Å². The molecule has 4 heteroatoms. The molecule has 0 amide bonds. The van der Waals surface area contributed by atoms with Crippen LogP contribution in [0.15, 0.2) is 144 Å². The smallest absolute Gasteiger partial charge is 0.145 e. The van der Waals surface area contributed by atoms with Gasteiger partial charge in [0, 0.05) is 44.3 Å². The van der Waals surface area contributed by atoms with E-state index < -0.39 is 0 Å². The van der Waals surface area contributed by atoms with Gasteiger partial charge >= 0.3 is 0 Å². The third-order valence-corrected chi connectivity index (χ3v) is 9.10. The second-order valence-electron chi connectivity index (χ2n) is 11.6. The topological polar surface area (TPSA) is 51.8 Å². The van der Waals surface area contributed by atoms with Crippen molar-refractivity contribution in [3.05, 3.63) is 140 Å². The molecule has 6 aromatic carbocycles. The van der Waals surface area contributed by atoms with Crippen LogP contribution in [-0.2, 0) is 0 Å². The van der Waals surface area contributed by atoms with Gasteiger partial charge in [-0.05, 0) is 46.5 Å². The van der Waals surface area contributed by atoms with Crippen molar-refractivity contribution in [1.29, 1.82) is 0 Å². The average Bonchev–Trinajstić information content (AvgIpc) is 3.49. The van der Waals surface area contributed by atoms with E-state index in [2.05, 4.69) is 120 Å². The van der Waals surface area contributed by atoms with Gasteiger partial charge in [0.25, 0.3) is 0 Å². The van der Waals surface area contributed by atoms with Gasteiger partial charge in [-0.25, -0.2) is 9.97 Å². The van der Waals surface area contributed by atoms with E-state index >= 15 is 0 Å². The number of benzene rings is 6. The van der Waals surface area contributed by atoms with Crippen molar-refractivity contribution in [3.63, 3.8) is 0 Å². The zero-order valence-corrected chi connectivity index (χ0v) is 24.0. The van der Waals surface area contributed by atoms with Gasteiger partial charge in [0.2, 0.25) is 0 Å². The van der Waals surface area contributed by atoms with Crippen LogP contribution in [0.1, 0.15) is 0 Å². The van der Waals surface area contributed by atoms with Crippen molar-refractivity contribution in [2.24, 2.45) is 0 Å². The van der Waals surface area contributed by atoms with Crippen molar-refractivity contribution in [2.45, 2.75) is 0 Å². The summed E-state index contributed by atoms with van der Waals surface area (Å²) >= 11 is 0. The van der Waals surface area contributed by atoms with Gasteiger partial charge in [-0.3, -0.25) is 4.98 Å². The largest absolute Gasteiger partial charge is 0.455 e. The van der Waals surface area contributed by atoms with Gasteiger partial charge in [-0.1, -0.05) is 103 Å². The SMILES string of the molecule is c1cnc2c(c1)ccc1ccc(-c3ccc(-c4nc5ccc6c7ccccc7oc6c5c5ccccc45)c4ccccc34)nc12. The fraction of sp³-hybridized carbons (Fsp3) is 0. The highest BCUT2D eigenvalue weighted by atomic mass is 16.3. The molecule has 4 heterocycles. The molecule has 0 bridgehead atoms. The van der Waals surface area contributed by atoms with E-state index in [1.54, 1.807) is 0 Å². The summed E-state index contributed by atoms with van der Waals surface area (Å²) in [5.74, 6) is 0. The van der Waals surface area contributed by atoms with Crippen LogP contribution in [0.3, 0.4) is 0 Å². The first-order valence-electron chi connectivity index (χ1n) is 15.1. The van der Waals surface area contributed by atoms with E-state index in [0.717, 1.165) is 98.7 Å². The first kappa shape index (κ1) is 24.3. The quantitative estimate of drug-likeness (QED) is 0.193. The summed E-state index contributed by atoms with van der Waals surface area (Å²) in [7, 11) is 0. The average molecular weight is 574 g/mol. The minimum atomic E-state index is 0.883. The predicted molar refractivity (Wildman–Crippen MR) is 186 cm³/mol. The Balaban J connectivity index is 1.23. The molecular weight excluding hydrogens is 550 g/mol. The van der Waals surface area contributed by atoms with Gasteiger partial charge in [0.05, 0.1) is 33.3 Å². The summed E-state index contributed by atoms with van der Waals surface area (Å²) in [4.78, 5) is 15.2. The molecule has 0 aliphatic rings. The molecule has 4 aromatic heterocycles. The molecule has 0 unspecified atom stereocenters. The number of furan rings is 1. The minimum absolute atomic E-state index is 0.883. The zero-order valence-electron chi connectivity index (χ0n) is 24.0. The molecule has 208 valence electrons. The Kier molecular flexibility index (Phi) is 4.96. The van der Waals surface area contributed by atoms with Crippen molar-refractivity contribution in [3.8, 4) is 22.5 Å². The maximum Gasteiger partial charge on any atom is 0.145 e. The summed E-state index contributed by atoms with van der Waals surface area (Å²) in [5.41, 5.74) is 8.57. The summed E-state index contributed by atoms with van der Waals surface area (Å²) in [6.07, 6.45) is 1.83. The standard InChI is InChI=1S/C41H23N3O/c1-2-10-27-26(9-1)28(34-21-17-25-16-15-24-8-7-23-42-38(24)39(25)43-34)18-19-32(27)40-31-13-4-3-12-30(31)37-35(44-40)22-20-33-29-11-5-6-14-36(29)45-41(33)37/h1-23H. The number of nitrogens with zero attached hydrogens (tertiary/aromatic N) is 3. The van der Waals surface area contributed by atoms with Crippen molar-refractivity contribution in [1.82, 2.24) is 15.0 Å². The Bertz CT molecular complexity index is 2830. The van der Waals surface area contributed by atoms with E-state index in [0.29, 0.717) is 0 Å². The molecule has 10 rings (SSSR count). The van der Waals surface area contributed by atoms with Crippen LogP contribution in [0.5, 0.6) is 0 Å². The normalized spacial score (nSPS) is 12.0. The molecule has 45 heavy (non-hydrogen) atoms. The first-order valence-corrected chi connectivity index (χ1v) is 15.1. The van der Waals surface area contributed by atoms with E-state index in [9.17, 15) is 0 Å². The molecule has 0 aliphatic carbocycles. The molecule has 10 aromatic rings. The Morgan fingerprint density at radius 2 is 1.13 bits per heavy atom. The molecule has 0 radical (unpaired) electrons. The van der Waals surface area contributed by atoms with Crippen LogP contribution in [0.2, 0.25) is 0 Å². The summed E-state index contributed by atoms with van der Waals surface area (Å²) < 4.78 is 6.46. The Hall–Kier alpha value is -6.13. The monoisotopic (exact) mass is 573 g/mol. The zero-order chi connectivity index (χ0) is 29.5. The molecule has 0 fully saturated rings. The second kappa shape index (κ2) is 9.18. The first-order chi connectivity index (χ1) is 22.3. The van der Waals surface area contributed by atoms with Gasteiger partial charge in [-0.15, -0.1) is 0 Å². The van der Waals surface area contributed by atoms with Gasteiger partial charge in [0.15, 0.2) is 0 Å². The number of rotatable bonds is 2. The Morgan fingerprint density at radius 1 is 0.444 bits per heavy atom. The van der Waals surface area contributed by atoms with Crippen LogP contribution < -0.4 is 0 Å². The fourth-order valence-electron chi connectivity index (χ4n) is 7.03. The number of aromatic nitrogens is 3. The van der Waals surface area contributed by atoms with Crippen LogP contribution in [0.25, 0.3) is 98.7 Å². The highest BCUT2D eigenvalue weighted by Crippen LogP contribution is 2.42. The molecule has 0 saturated carbocycles. The summed E-state index contributed by atoms with van der Waals surface area (Å²) in [5, 5.41) is 9.94. The molecule has 0 saturated heterocycles. The number of pyridine rings is 3. The highest BCUT2D eigenvalue weighted by molar-refractivity contribution is 6.24. The molecule has 0 atom stereocenters. The summed E-state index contributed by atoms with van der Waals surface area (Å²) in [6, 6.07) is 46.5. The van der Waals surface area contributed by atoms with E-state index in [4.69, 9.17) is 14.4 Å². The maximum atomic E-state index is 6.46. The Labute approximate surface area is 257 Å². The lowest BCUT2D eigenvalue weighted by Crippen LogP contribution is -1.93. The lowest BCUT2D eigenvalue weighted by molar-refractivity contribution is 0.673. The van der Waals surface area contributed by atoms with Gasteiger partial charge < -0.3 is 4.42 Å². The lowest BCUT2D eigenvalue weighted by Gasteiger charge is -2.15. The predicted octanol–water partition coefficient (Wildman–Crippen LogP) is 10.9.